The van der Waals surface area contributed by atoms with Gasteiger partial charge in [0, 0.05) is 0 Å². The van der Waals surface area contributed by atoms with Crippen LogP contribution in [0.15, 0.2) is 0 Å². The zero-order chi connectivity index (χ0) is 14.6. The highest BCUT2D eigenvalue weighted by molar-refractivity contribution is 4.94. The Morgan fingerprint density at radius 1 is 1.05 bits per heavy atom. The van der Waals surface area contributed by atoms with Crippen molar-refractivity contribution in [2.75, 3.05) is 13.1 Å². The fourth-order valence-corrected chi connectivity index (χ4v) is 4.66. The smallest absolute Gasteiger partial charge is 0.00203 e. The average Bonchev–Trinajstić information content (AvgIpc) is 2.77. The minimum atomic E-state index is 0.529. The van der Waals surface area contributed by atoms with Crippen LogP contribution < -0.4 is 5.32 Å². The lowest BCUT2D eigenvalue weighted by Crippen LogP contribution is -2.31. The van der Waals surface area contributed by atoms with Gasteiger partial charge in [-0.15, -0.1) is 0 Å². The van der Waals surface area contributed by atoms with E-state index in [1.54, 1.807) is 0 Å². The van der Waals surface area contributed by atoms with Gasteiger partial charge in [-0.2, -0.15) is 0 Å². The zero-order valence-electron chi connectivity index (χ0n) is 14.4. The van der Waals surface area contributed by atoms with Crippen molar-refractivity contribution >= 4 is 0 Å². The van der Waals surface area contributed by atoms with Crippen LogP contribution in [0.25, 0.3) is 0 Å². The molecule has 2 saturated carbocycles. The molecule has 0 saturated heterocycles. The molecule has 0 radical (unpaired) electrons. The van der Waals surface area contributed by atoms with Gasteiger partial charge in [0.15, 0.2) is 0 Å². The van der Waals surface area contributed by atoms with Crippen LogP contribution in [0.1, 0.15) is 85.5 Å². The predicted octanol–water partition coefficient (Wildman–Crippen LogP) is 5.40. The summed E-state index contributed by atoms with van der Waals surface area (Å²) in [5.41, 5.74) is 1.28. The van der Waals surface area contributed by atoms with Crippen molar-refractivity contribution in [3.8, 4) is 0 Å². The molecule has 2 aliphatic rings. The molecule has 2 rings (SSSR count). The third-order valence-electron chi connectivity index (χ3n) is 6.22. The van der Waals surface area contributed by atoms with Gasteiger partial charge >= 0.3 is 0 Å². The first-order chi connectivity index (χ1) is 9.45. The second-order valence-electron chi connectivity index (χ2n) is 8.81. The molecule has 20 heavy (non-hydrogen) atoms. The van der Waals surface area contributed by atoms with E-state index in [2.05, 4.69) is 33.0 Å². The molecular weight excluding hydrogens is 242 g/mol. The number of nitrogens with one attached hydrogen (secondary N) is 1. The van der Waals surface area contributed by atoms with Gasteiger partial charge in [0.1, 0.15) is 0 Å². The highest BCUT2D eigenvalue weighted by Gasteiger charge is 2.43. The van der Waals surface area contributed by atoms with Crippen molar-refractivity contribution in [2.45, 2.75) is 85.5 Å². The van der Waals surface area contributed by atoms with Crippen molar-refractivity contribution in [2.24, 2.45) is 22.7 Å². The number of hydrogen-bond acceptors (Lipinski definition) is 1. The molecule has 1 spiro atoms. The topological polar surface area (TPSA) is 12.0 Å². The maximum absolute atomic E-state index is 3.68. The van der Waals surface area contributed by atoms with Crippen molar-refractivity contribution in [1.82, 2.24) is 5.32 Å². The first-order valence-corrected chi connectivity index (χ1v) is 9.16. The van der Waals surface area contributed by atoms with Crippen LogP contribution in [0.2, 0.25) is 0 Å². The van der Waals surface area contributed by atoms with Gasteiger partial charge in [-0.25, -0.2) is 0 Å². The molecule has 0 aliphatic heterocycles. The fraction of sp³-hybridized carbons (Fsp3) is 1.00. The van der Waals surface area contributed by atoms with E-state index < -0.39 is 0 Å². The molecule has 1 atom stereocenters. The number of rotatable bonds is 5. The summed E-state index contributed by atoms with van der Waals surface area (Å²) in [6, 6.07) is 0. The lowest BCUT2D eigenvalue weighted by molar-refractivity contribution is 0.0887. The Hall–Kier alpha value is -0.0400. The molecule has 118 valence electrons. The summed E-state index contributed by atoms with van der Waals surface area (Å²) in [6.45, 7) is 12.1. The monoisotopic (exact) mass is 279 g/mol. The van der Waals surface area contributed by atoms with Gasteiger partial charge in [-0.1, -0.05) is 34.1 Å². The van der Waals surface area contributed by atoms with Crippen LogP contribution in [0.3, 0.4) is 0 Å². The van der Waals surface area contributed by atoms with E-state index in [9.17, 15) is 0 Å². The van der Waals surface area contributed by atoms with Gasteiger partial charge in [0.25, 0.3) is 0 Å². The second kappa shape index (κ2) is 6.81. The Labute approximate surface area is 127 Å². The van der Waals surface area contributed by atoms with Gasteiger partial charge in [-0.3, -0.25) is 0 Å². The molecule has 0 aromatic rings. The first-order valence-electron chi connectivity index (χ1n) is 9.16. The molecule has 1 unspecified atom stereocenters. The first kappa shape index (κ1) is 16.3. The van der Waals surface area contributed by atoms with E-state index in [-0.39, 0.29) is 0 Å². The van der Waals surface area contributed by atoms with Gasteiger partial charge in [-0.05, 0) is 87.1 Å². The Morgan fingerprint density at radius 2 is 1.70 bits per heavy atom. The lowest BCUT2D eigenvalue weighted by Gasteiger charge is -2.42. The molecule has 0 heterocycles. The minimum Gasteiger partial charge on any atom is -0.316 e. The van der Waals surface area contributed by atoms with Crippen LogP contribution >= 0.6 is 0 Å². The summed E-state index contributed by atoms with van der Waals surface area (Å²) in [5.74, 6) is 1.94. The predicted molar refractivity (Wildman–Crippen MR) is 89.0 cm³/mol. The Morgan fingerprint density at radius 3 is 2.30 bits per heavy atom. The number of hydrogen-bond donors (Lipinski definition) is 1. The maximum atomic E-state index is 3.68. The van der Waals surface area contributed by atoms with Crippen LogP contribution in [0.5, 0.6) is 0 Å². The molecular formula is C19H37N. The van der Waals surface area contributed by atoms with Crippen LogP contribution in [-0.4, -0.2) is 13.1 Å². The molecule has 1 nitrogen and oxygen atoms in total. The molecule has 0 aromatic carbocycles. The van der Waals surface area contributed by atoms with Gasteiger partial charge in [0.05, 0.1) is 0 Å². The Kier molecular flexibility index (Phi) is 5.56. The van der Waals surface area contributed by atoms with Crippen molar-refractivity contribution in [1.29, 1.82) is 0 Å². The standard InChI is InChI=1S/C19H37N/c1-5-6-13-20-15-16-7-10-19(14-16)11-8-17(9-12-19)18(2,3)4/h16-17,20H,5-15H2,1-4H3. The van der Waals surface area contributed by atoms with Gasteiger partial charge in [0.2, 0.25) is 0 Å². The summed E-state index contributed by atoms with van der Waals surface area (Å²) >= 11 is 0. The van der Waals surface area contributed by atoms with E-state index in [1.807, 2.05) is 0 Å². The third kappa shape index (κ3) is 4.23. The largest absolute Gasteiger partial charge is 0.316 e. The third-order valence-corrected chi connectivity index (χ3v) is 6.22. The minimum absolute atomic E-state index is 0.529. The van der Waals surface area contributed by atoms with Crippen LogP contribution in [0.4, 0.5) is 0 Å². The summed E-state index contributed by atoms with van der Waals surface area (Å²) in [4.78, 5) is 0. The Bertz CT molecular complexity index is 281. The van der Waals surface area contributed by atoms with E-state index >= 15 is 0 Å². The molecule has 0 aromatic heterocycles. The lowest BCUT2D eigenvalue weighted by atomic mass is 9.63. The van der Waals surface area contributed by atoms with Crippen molar-refractivity contribution < 1.29 is 0 Å². The molecule has 2 aliphatic carbocycles. The molecule has 0 amide bonds. The zero-order valence-corrected chi connectivity index (χ0v) is 14.4. The average molecular weight is 280 g/mol. The molecule has 1 N–H and O–H groups in total. The Balaban J connectivity index is 1.73. The van der Waals surface area contributed by atoms with E-state index in [1.165, 1.54) is 70.9 Å². The van der Waals surface area contributed by atoms with E-state index in [0.29, 0.717) is 5.41 Å². The molecule has 0 bridgehead atoms. The second-order valence-corrected chi connectivity index (χ2v) is 8.81. The summed E-state index contributed by atoms with van der Waals surface area (Å²) in [6.07, 6.45) is 13.2. The number of unbranched alkanes of at least 4 members (excludes halogenated alkanes) is 1. The summed E-state index contributed by atoms with van der Waals surface area (Å²) in [5, 5.41) is 3.68. The fourth-order valence-electron chi connectivity index (χ4n) is 4.66. The van der Waals surface area contributed by atoms with Crippen LogP contribution in [0, 0.1) is 22.7 Å². The summed E-state index contributed by atoms with van der Waals surface area (Å²) in [7, 11) is 0. The van der Waals surface area contributed by atoms with Crippen molar-refractivity contribution in [3.05, 3.63) is 0 Å². The SMILES string of the molecule is CCCCNCC1CCC2(CCC(C(C)(C)C)CC2)C1. The molecule has 1 heteroatoms. The normalized spacial score (nSPS) is 34.8. The van der Waals surface area contributed by atoms with Crippen molar-refractivity contribution in [3.63, 3.8) is 0 Å². The quantitative estimate of drug-likeness (QED) is 0.664. The van der Waals surface area contributed by atoms with E-state index in [0.717, 1.165) is 17.3 Å². The van der Waals surface area contributed by atoms with Gasteiger partial charge < -0.3 is 5.32 Å². The maximum Gasteiger partial charge on any atom is -0.00203 e. The highest BCUT2D eigenvalue weighted by atomic mass is 14.9. The van der Waals surface area contributed by atoms with Crippen LogP contribution in [-0.2, 0) is 0 Å². The molecule has 2 fully saturated rings. The highest BCUT2D eigenvalue weighted by Crippen LogP contribution is 2.54. The summed E-state index contributed by atoms with van der Waals surface area (Å²) < 4.78 is 0. The van der Waals surface area contributed by atoms with E-state index in [4.69, 9.17) is 0 Å².